The van der Waals surface area contributed by atoms with Crippen LogP contribution in [0.15, 0.2) is 72.8 Å². The highest BCUT2D eigenvalue weighted by Gasteiger charge is 2.24. The van der Waals surface area contributed by atoms with Crippen LogP contribution in [-0.2, 0) is 6.42 Å². The minimum Gasteiger partial charge on any atom is -0.457 e. The second-order valence-electron chi connectivity index (χ2n) is 8.08. The number of piperidine rings is 1. The number of carbonyl (C=O) groups is 2. The Morgan fingerprint density at radius 2 is 1.50 bits per heavy atom. The van der Waals surface area contributed by atoms with E-state index in [-0.39, 0.29) is 11.7 Å². The summed E-state index contributed by atoms with van der Waals surface area (Å²) in [6, 6.07) is 20.3. The van der Waals surface area contributed by atoms with Crippen molar-refractivity contribution < 1.29 is 18.7 Å². The molecule has 0 aromatic heterocycles. The summed E-state index contributed by atoms with van der Waals surface area (Å²) in [5, 5.41) is 0. The maximum Gasteiger partial charge on any atom is 0.253 e. The van der Waals surface area contributed by atoms with E-state index in [4.69, 9.17) is 10.5 Å². The van der Waals surface area contributed by atoms with Gasteiger partial charge in [0.25, 0.3) is 5.91 Å². The lowest BCUT2D eigenvalue weighted by Crippen LogP contribution is -2.38. The number of primary amides is 1. The number of hydrogen-bond acceptors (Lipinski definition) is 3. The molecule has 5 nitrogen and oxygen atoms in total. The molecule has 32 heavy (non-hydrogen) atoms. The molecule has 4 rings (SSSR count). The number of nitrogens with two attached hydrogens (primary N) is 1. The van der Waals surface area contributed by atoms with Crippen molar-refractivity contribution >= 4 is 11.8 Å². The predicted octanol–water partition coefficient (Wildman–Crippen LogP) is 4.81. The summed E-state index contributed by atoms with van der Waals surface area (Å²) in [6.45, 7) is 1.40. The molecular formula is C26H25FN2O3. The molecule has 0 aliphatic carbocycles. The molecule has 0 bridgehead atoms. The zero-order valence-electron chi connectivity index (χ0n) is 17.7. The predicted molar refractivity (Wildman–Crippen MR) is 120 cm³/mol. The van der Waals surface area contributed by atoms with Crippen molar-refractivity contribution in [3.05, 3.63) is 95.3 Å². The van der Waals surface area contributed by atoms with Gasteiger partial charge in [-0.2, -0.15) is 0 Å². The first-order chi connectivity index (χ1) is 15.5. The third-order valence-electron chi connectivity index (χ3n) is 5.79. The first kappa shape index (κ1) is 21.6. The topological polar surface area (TPSA) is 72.6 Å². The molecule has 164 valence electrons. The number of halogens is 1. The van der Waals surface area contributed by atoms with Crippen LogP contribution in [0.1, 0.15) is 39.1 Å². The minimum atomic E-state index is -0.489. The highest BCUT2D eigenvalue weighted by molar-refractivity contribution is 5.94. The van der Waals surface area contributed by atoms with Gasteiger partial charge in [-0.25, -0.2) is 4.39 Å². The van der Waals surface area contributed by atoms with E-state index in [0.717, 1.165) is 24.8 Å². The maximum absolute atomic E-state index is 13.4. The van der Waals surface area contributed by atoms with Crippen LogP contribution in [0.2, 0.25) is 0 Å². The van der Waals surface area contributed by atoms with Gasteiger partial charge in [-0.1, -0.05) is 12.1 Å². The molecule has 0 spiro atoms. The smallest absolute Gasteiger partial charge is 0.253 e. The lowest BCUT2D eigenvalue weighted by molar-refractivity contribution is 0.0690. The third-order valence-corrected chi connectivity index (χ3v) is 5.79. The largest absolute Gasteiger partial charge is 0.457 e. The summed E-state index contributed by atoms with van der Waals surface area (Å²) >= 11 is 0. The van der Waals surface area contributed by atoms with Crippen LogP contribution in [-0.4, -0.2) is 29.8 Å². The van der Waals surface area contributed by atoms with Crippen molar-refractivity contribution in [2.24, 2.45) is 11.7 Å². The quantitative estimate of drug-likeness (QED) is 0.607. The Hall–Kier alpha value is -3.67. The zero-order valence-corrected chi connectivity index (χ0v) is 17.7. The van der Waals surface area contributed by atoms with Crippen molar-refractivity contribution in [3.8, 4) is 11.5 Å². The van der Waals surface area contributed by atoms with Crippen molar-refractivity contribution in [2.45, 2.75) is 19.3 Å². The molecule has 0 saturated carbocycles. The molecule has 1 heterocycles. The number of rotatable bonds is 6. The fourth-order valence-electron chi connectivity index (χ4n) is 4.01. The Bertz CT molecular complexity index is 1090. The van der Waals surface area contributed by atoms with Crippen molar-refractivity contribution in [1.82, 2.24) is 4.90 Å². The van der Waals surface area contributed by atoms with E-state index < -0.39 is 5.91 Å². The fraction of sp³-hybridized carbons (Fsp3) is 0.231. The average Bonchev–Trinajstić information content (AvgIpc) is 2.80. The Morgan fingerprint density at radius 1 is 0.906 bits per heavy atom. The normalized spacial score (nSPS) is 14.2. The van der Waals surface area contributed by atoms with E-state index in [1.165, 1.54) is 6.07 Å². The number of likely N-dealkylation sites (tertiary alicyclic amines) is 1. The Kier molecular flexibility index (Phi) is 6.50. The Morgan fingerprint density at radius 3 is 2.06 bits per heavy atom. The van der Waals surface area contributed by atoms with Gasteiger partial charge in [0, 0.05) is 24.2 Å². The number of carbonyl (C=O) groups excluding carboxylic acids is 2. The van der Waals surface area contributed by atoms with Crippen LogP contribution in [0, 0.1) is 11.7 Å². The van der Waals surface area contributed by atoms with Gasteiger partial charge < -0.3 is 15.4 Å². The van der Waals surface area contributed by atoms with Crippen LogP contribution in [0.25, 0.3) is 0 Å². The first-order valence-corrected chi connectivity index (χ1v) is 10.7. The lowest BCUT2D eigenvalue weighted by atomic mass is 9.90. The highest BCUT2D eigenvalue weighted by atomic mass is 19.1. The molecule has 1 saturated heterocycles. The molecule has 1 aliphatic heterocycles. The van der Waals surface area contributed by atoms with Gasteiger partial charge in [0.2, 0.25) is 5.91 Å². The number of hydrogen-bond donors (Lipinski definition) is 1. The number of nitrogens with zero attached hydrogens (tertiary/aromatic N) is 1. The Balaban J connectivity index is 1.30. The molecule has 2 N–H and O–H groups in total. The third kappa shape index (κ3) is 5.32. The SMILES string of the molecule is NC(=O)c1ccc(Oc2ccc(C(=O)N3CCC(Cc4cccc(F)c4)CC3)cc2)cc1. The van der Waals surface area contributed by atoms with E-state index in [9.17, 15) is 14.0 Å². The first-order valence-electron chi connectivity index (χ1n) is 10.7. The summed E-state index contributed by atoms with van der Waals surface area (Å²) in [4.78, 5) is 25.9. The van der Waals surface area contributed by atoms with E-state index in [0.29, 0.717) is 41.6 Å². The number of ether oxygens (including phenoxy) is 1. The van der Waals surface area contributed by atoms with Gasteiger partial charge in [-0.3, -0.25) is 9.59 Å². The van der Waals surface area contributed by atoms with Crippen LogP contribution < -0.4 is 10.5 Å². The second-order valence-corrected chi connectivity index (χ2v) is 8.08. The van der Waals surface area contributed by atoms with E-state index in [1.54, 1.807) is 60.7 Å². The molecule has 3 aromatic carbocycles. The van der Waals surface area contributed by atoms with Gasteiger partial charge in [-0.05, 0) is 91.4 Å². The van der Waals surface area contributed by atoms with Gasteiger partial charge in [0.15, 0.2) is 0 Å². The maximum atomic E-state index is 13.4. The van der Waals surface area contributed by atoms with Crippen LogP contribution in [0.3, 0.4) is 0 Å². The molecular weight excluding hydrogens is 407 g/mol. The summed E-state index contributed by atoms with van der Waals surface area (Å²) < 4.78 is 19.2. The van der Waals surface area contributed by atoms with Gasteiger partial charge in [0.05, 0.1) is 0 Å². The summed E-state index contributed by atoms with van der Waals surface area (Å²) in [6.07, 6.45) is 2.65. The molecule has 1 aliphatic rings. The zero-order chi connectivity index (χ0) is 22.5. The lowest BCUT2D eigenvalue weighted by Gasteiger charge is -2.32. The van der Waals surface area contributed by atoms with Gasteiger partial charge in [-0.15, -0.1) is 0 Å². The molecule has 0 radical (unpaired) electrons. The van der Waals surface area contributed by atoms with Crippen LogP contribution in [0.5, 0.6) is 11.5 Å². The average molecular weight is 432 g/mol. The van der Waals surface area contributed by atoms with Crippen molar-refractivity contribution in [2.75, 3.05) is 13.1 Å². The fourth-order valence-corrected chi connectivity index (χ4v) is 4.01. The second kappa shape index (κ2) is 9.64. The van der Waals surface area contributed by atoms with E-state index in [1.807, 2.05) is 11.0 Å². The highest BCUT2D eigenvalue weighted by Crippen LogP contribution is 2.25. The monoisotopic (exact) mass is 432 g/mol. The number of benzene rings is 3. The van der Waals surface area contributed by atoms with Crippen molar-refractivity contribution in [1.29, 1.82) is 0 Å². The van der Waals surface area contributed by atoms with Crippen molar-refractivity contribution in [3.63, 3.8) is 0 Å². The summed E-state index contributed by atoms with van der Waals surface area (Å²) in [5.74, 6) is 0.948. The summed E-state index contributed by atoms with van der Waals surface area (Å²) in [7, 11) is 0. The van der Waals surface area contributed by atoms with Gasteiger partial charge in [0.1, 0.15) is 17.3 Å². The number of amides is 2. The molecule has 0 atom stereocenters. The molecule has 3 aromatic rings. The van der Waals surface area contributed by atoms with Gasteiger partial charge >= 0.3 is 0 Å². The Labute approximate surface area is 186 Å². The standard InChI is InChI=1S/C26H25FN2O3/c27-22-3-1-2-19(17-22)16-18-12-14-29(15-13-18)26(31)21-6-10-24(11-7-21)32-23-8-4-20(5-9-23)25(28)30/h1-11,17-18H,12-16H2,(H2,28,30). The van der Waals surface area contributed by atoms with E-state index >= 15 is 0 Å². The minimum absolute atomic E-state index is 0.00608. The molecule has 0 unspecified atom stereocenters. The van der Waals surface area contributed by atoms with E-state index in [2.05, 4.69) is 0 Å². The summed E-state index contributed by atoms with van der Waals surface area (Å²) in [5.41, 5.74) is 7.28. The molecule has 2 amide bonds. The molecule has 1 fully saturated rings. The van der Waals surface area contributed by atoms with Crippen LogP contribution in [0.4, 0.5) is 4.39 Å². The molecule has 6 heteroatoms. The van der Waals surface area contributed by atoms with Crippen LogP contribution >= 0.6 is 0 Å².